The second-order valence-corrected chi connectivity index (χ2v) is 2.99. The van der Waals surface area contributed by atoms with E-state index in [1.807, 2.05) is 0 Å². The number of pyridine rings is 1. The minimum atomic E-state index is -1.16. The molecule has 1 aliphatic rings. The Morgan fingerprint density at radius 2 is 2.47 bits per heavy atom. The molecule has 1 aliphatic heterocycles. The highest BCUT2D eigenvalue weighted by molar-refractivity contribution is 6.14. The Labute approximate surface area is 86.0 Å². The van der Waals surface area contributed by atoms with Gasteiger partial charge >= 0.3 is 5.97 Å². The van der Waals surface area contributed by atoms with Crippen molar-refractivity contribution in [2.24, 2.45) is 0 Å². The lowest BCUT2D eigenvalue weighted by molar-refractivity contribution is -0.148. The maximum atomic E-state index is 11.7. The van der Waals surface area contributed by atoms with Crippen molar-refractivity contribution in [2.75, 3.05) is 6.61 Å². The van der Waals surface area contributed by atoms with E-state index in [1.54, 1.807) is 6.92 Å². The molecule has 0 saturated carbocycles. The van der Waals surface area contributed by atoms with E-state index in [1.165, 1.54) is 18.5 Å². The van der Waals surface area contributed by atoms with E-state index in [2.05, 4.69) is 4.98 Å². The van der Waals surface area contributed by atoms with E-state index in [0.717, 1.165) is 0 Å². The smallest absolute Gasteiger partial charge is 0.355 e. The molecule has 0 radical (unpaired) electrons. The summed E-state index contributed by atoms with van der Waals surface area (Å²) in [6.45, 7) is 1.90. The zero-order valence-electron chi connectivity index (χ0n) is 8.10. The molecule has 0 aliphatic carbocycles. The van der Waals surface area contributed by atoms with Gasteiger partial charge in [-0.25, -0.2) is 4.79 Å². The Morgan fingerprint density at radius 3 is 3.13 bits per heavy atom. The summed E-state index contributed by atoms with van der Waals surface area (Å²) in [5.41, 5.74) is 0.378. The first-order valence-electron chi connectivity index (χ1n) is 4.55. The van der Waals surface area contributed by atoms with Crippen molar-refractivity contribution in [3.8, 4) is 5.75 Å². The van der Waals surface area contributed by atoms with Gasteiger partial charge in [-0.15, -0.1) is 0 Å². The Balaban J connectivity index is 2.24. The summed E-state index contributed by atoms with van der Waals surface area (Å²) in [4.78, 5) is 26.8. The molecule has 0 bridgehead atoms. The monoisotopic (exact) mass is 207 g/mol. The summed E-state index contributed by atoms with van der Waals surface area (Å²) >= 11 is 0. The van der Waals surface area contributed by atoms with Gasteiger partial charge in [-0.05, 0) is 13.0 Å². The summed E-state index contributed by atoms with van der Waals surface area (Å²) in [7, 11) is 0. The number of hydrogen-bond acceptors (Lipinski definition) is 5. The average Bonchev–Trinajstić information content (AvgIpc) is 2.57. The van der Waals surface area contributed by atoms with Crippen LogP contribution in [0.4, 0.5) is 0 Å². The van der Waals surface area contributed by atoms with Crippen molar-refractivity contribution in [3.63, 3.8) is 0 Å². The third-order valence-electron chi connectivity index (χ3n) is 2.03. The predicted molar refractivity (Wildman–Crippen MR) is 49.6 cm³/mol. The second-order valence-electron chi connectivity index (χ2n) is 2.99. The quantitative estimate of drug-likeness (QED) is 0.524. The SMILES string of the molecule is CCOC(=O)C1Oc2cnccc2C1=O. The van der Waals surface area contributed by atoms with Gasteiger partial charge in [-0.2, -0.15) is 0 Å². The van der Waals surface area contributed by atoms with Gasteiger partial charge < -0.3 is 9.47 Å². The topological polar surface area (TPSA) is 65.5 Å². The molecule has 5 heteroatoms. The lowest BCUT2D eigenvalue weighted by Crippen LogP contribution is -2.32. The highest BCUT2D eigenvalue weighted by Crippen LogP contribution is 2.27. The molecular formula is C10H9NO4. The predicted octanol–water partition coefficient (Wildman–Crippen LogP) is 0.588. The standard InChI is InChI=1S/C10H9NO4/c1-2-14-10(13)9-8(12)6-3-4-11-5-7(6)15-9/h3-5,9H,2H2,1H3. The van der Waals surface area contributed by atoms with Crippen molar-refractivity contribution in [1.82, 2.24) is 4.98 Å². The normalized spacial score (nSPS) is 18.2. The molecule has 2 heterocycles. The number of fused-ring (bicyclic) bond motifs is 1. The van der Waals surface area contributed by atoms with Crippen molar-refractivity contribution in [1.29, 1.82) is 0 Å². The first-order valence-corrected chi connectivity index (χ1v) is 4.55. The van der Waals surface area contributed by atoms with Gasteiger partial charge in [0.15, 0.2) is 5.75 Å². The number of carbonyl (C=O) groups is 2. The molecule has 2 rings (SSSR count). The van der Waals surface area contributed by atoms with E-state index in [-0.39, 0.29) is 12.4 Å². The number of Topliss-reactive ketones (excluding diaryl/α,β-unsaturated/α-hetero) is 1. The van der Waals surface area contributed by atoms with Crippen LogP contribution in [0.3, 0.4) is 0 Å². The van der Waals surface area contributed by atoms with Crippen molar-refractivity contribution in [2.45, 2.75) is 13.0 Å². The third-order valence-corrected chi connectivity index (χ3v) is 2.03. The lowest BCUT2D eigenvalue weighted by Gasteiger charge is -2.07. The Morgan fingerprint density at radius 1 is 1.67 bits per heavy atom. The van der Waals surface area contributed by atoms with Crippen LogP contribution in [0, 0.1) is 0 Å². The van der Waals surface area contributed by atoms with Crippen molar-refractivity contribution < 1.29 is 19.1 Å². The molecule has 0 aromatic carbocycles. The maximum Gasteiger partial charge on any atom is 0.355 e. The van der Waals surface area contributed by atoms with Crippen LogP contribution in [-0.2, 0) is 9.53 Å². The number of ether oxygens (including phenoxy) is 2. The van der Waals surface area contributed by atoms with Crippen LogP contribution in [0.1, 0.15) is 17.3 Å². The number of rotatable bonds is 2. The summed E-state index contributed by atoms with van der Waals surface area (Å²) in [5.74, 6) is -0.690. The molecule has 0 N–H and O–H groups in total. The average molecular weight is 207 g/mol. The number of ketones is 1. The number of carbonyl (C=O) groups excluding carboxylic acids is 2. The maximum absolute atomic E-state index is 11.7. The fraction of sp³-hybridized carbons (Fsp3) is 0.300. The summed E-state index contributed by atoms with van der Waals surface area (Å²) in [6, 6.07) is 1.52. The van der Waals surface area contributed by atoms with Gasteiger partial charge in [0.25, 0.3) is 6.10 Å². The summed E-state index contributed by atoms with van der Waals surface area (Å²) < 4.78 is 9.87. The van der Waals surface area contributed by atoms with E-state index in [0.29, 0.717) is 11.3 Å². The van der Waals surface area contributed by atoms with Gasteiger partial charge in [0.1, 0.15) is 0 Å². The number of esters is 1. The van der Waals surface area contributed by atoms with Crippen LogP contribution in [0.2, 0.25) is 0 Å². The Kier molecular flexibility index (Phi) is 2.37. The van der Waals surface area contributed by atoms with Crippen molar-refractivity contribution in [3.05, 3.63) is 24.0 Å². The van der Waals surface area contributed by atoms with Gasteiger partial charge in [-0.3, -0.25) is 9.78 Å². The molecular weight excluding hydrogens is 198 g/mol. The van der Waals surface area contributed by atoms with Gasteiger partial charge in [0, 0.05) is 6.20 Å². The Bertz CT molecular complexity index is 416. The summed E-state index contributed by atoms with van der Waals surface area (Å²) in [6.07, 6.45) is 1.73. The fourth-order valence-electron chi connectivity index (χ4n) is 1.37. The molecule has 1 unspecified atom stereocenters. The number of aromatic nitrogens is 1. The molecule has 1 aromatic rings. The molecule has 0 fully saturated rings. The van der Waals surface area contributed by atoms with Crippen LogP contribution in [-0.4, -0.2) is 29.4 Å². The van der Waals surface area contributed by atoms with Gasteiger partial charge in [0.05, 0.1) is 18.4 Å². The first-order chi connectivity index (χ1) is 7.24. The minimum Gasteiger partial charge on any atom is -0.468 e. The fourth-order valence-corrected chi connectivity index (χ4v) is 1.37. The molecule has 5 nitrogen and oxygen atoms in total. The Hall–Kier alpha value is -1.91. The first kappa shape index (κ1) is 9.64. The summed E-state index contributed by atoms with van der Waals surface area (Å²) in [5, 5.41) is 0. The van der Waals surface area contributed by atoms with Crippen LogP contribution in [0.15, 0.2) is 18.5 Å². The third kappa shape index (κ3) is 1.56. The highest BCUT2D eigenvalue weighted by Gasteiger charge is 2.38. The number of hydrogen-bond donors (Lipinski definition) is 0. The van der Waals surface area contributed by atoms with Gasteiger partial charge in [-0.1, -0.05) is 0 Å². The van der Waals surface area contributed by atoms with Crippen LogP contribution < -0.4 is 4.74 Å². The minimum absolute atomic E-state index is 0.223. The molecule has 15 heavy (non-hydrogen) atoms. The van der Waals surface area contributed by atoms with Crippen LogP contribution in [0.25, 0.3) is 0 Å². The molecule has 1 atom stereocenters. The second kappa shape index (κ2) is 3.68. The van der Waals surface area contributed by atoms with Crippen molar-refractivity contribution >= 4 is 11.8 Å². The zero-order chi connectivity index (χ0) is 10.8. The van der Waals surface area contributed by atoms with Crippen LogP contribution in [0.5, 0.6) is 5.75 Å². The molecule has 0 amide bonds. The van der Waals surface area contributed by atoms with E-state index in [9.17, 15) is 9.59 Å². The van der Waals surface area contributed by atoms with E-state index < -0.39 is 12.1 Å². The zero-order valence-corrected chi connectivity index (χ0v) is 8.10. The number of nitrogens with zero attached hydrogens (tertiary/aromatic N) is 1. The van der Waals surface area contributed by atoms with E-state index in [4.69, 9.17) is 9.47 Å². The molecule has 0 spiro atoms. The van der Waals surface area contributed by atoms with Gasteiger partial charge in [0.2, 0.25) is 5.78 Å². The largest absolute Gasteiger partial charge is 0.468 e. The highest BCUT2D eigenvalue weighted by atomic mass is 16.6. The lowest BCUT2D eigenvalue weighted by atomic mass is 10.1. The molecule has 1 aromatic heterocycles. The van der Waals surface area contributed by atoms with Crippen LogP contribution >= 0.6 is 0 Å². The molecule has 78 valence electrons. The van der Waals surface area contributed by atoms with E-state index >= 15 is 0 Å². The molecule has 0 saturated heterocycles.